The van der Waals surface area contributed by atoms with E-state index in [1.807, 2.05) is 6.07 Å². The Morgan fingerprint density at radius 3 is 2.71 bits per heavy atom. The highest BCUT2D eigenvalue weighted by Gasteiger charge is 2.14. The molecule has 1 atom stereocenters. The topological polar surface area (TPSA) is 69.2 Å². The maximum atomic E-state index is 10.8. The molecular formula is C13H20N2O2. The van der Waals surface area contributed by atoms with E-state index in [0.29, 0.717) is 5.56 Å². The van der Waals surface area contributed by atoms with Gasteiger partial charge in [-0.2, -0.15) is 0 Å². The van der Waals surface area contributed by atoms with E-state index in [1.165, 1.54) is 0 Å². The minimum absolute atomic E-state index is 0.0964. The number of hydrogen-bond donors (Lipinski definition) is 1. The van der Waals surface area contributed by atoms with Crippen LogP contribution in [0.3, 0.4) is 0 Å². The molecule has 0 bridgehead atoms. The van der Waals surface area contributed by atoms with Gasteiger partial charge in [0.05, 0.1) is 4.92 Å². The Morgan fingerprint density at radius 1 is 1.41 bits per heavy atom. The fourth-order valence-corrected chi connectivity index (χ4v) is 1.83. The van der Waals surface area contributed by atoms with Crippen LogP contribution in [0.1, 0.15) is 49.8 Å². The van der Waals surface area contributed by atoms with Crippen LogP contribution in [0.15, 0.2) is 18.2 Å². The van der Waals surface area contributed by atoms with Crippen LogP contribution in [0, 0.1) is 17.0 Å². The molecule has 1 aromatic rings. The molecule has 0 fully saturated rings. The zero-order chi connectivity index (χ0) is 12.8. The Bertz CT molecular complexity index is 391. The summed E-state index contributed by atoms with van der Waals surface area (Å²) in [4.78, 5) is 10.5. The van der Waals surface area contributed by atoms with E-state index >= 15 is 0 Å². The average molecular weight is 236 g/mol. The highest BCUT2D eigenvalue weighted by molar-refractivity contribution is 5.43. The van der Waals surface area contributed by atoms with Gasteiger partial charge in [-0.25, -0.2) is 0 Å². The average Bonchev–Trinajstić information content (AvgIpc) is 2.29. The maximum absolute atomic E-state index is 10.8. The zero-order valence-electron chi connectivity index (χ0n) is 10.5. The summed E-state index contributed by atoms with van der Waals surface area (Å²) in [5, 5.41) is 10.8. The van der Waals surface area contributed by atoms with E-state index in [9.17, 15) is 10.1 Å². The van der Waals surface area contributed by atoms with Gasteiger partial charge in [-0.15, -0.1) is 0 Å². The summed E-state index contributed by atoms with van der Waals surface area (Å²) in [6, 6.07) is 5.17. The second-order valence-electron chi connectivity index (χ2n) is 4.41. The van der Waals surface area contributed by atoms with Gasteiger partial charge in [0.15, 0.2) is 0 Å². The lowest BCUT2D eigenvalue weighted by atomic mass is 9.99. The van der Waals surface area contributed by atoms with Crippen LogP contribution in [0.4, 0.5) is 5.69 Å². The number of nitro benzene ring substituents is 1. The fraction of sp³-hybridized carbons (Fsp3) is 0.538. The molecule has 1 aromatic carbocycles. The molecule has 2 N–H and O–H groups in total. The Balaban J connectivity index is 2.77. The Labute approximate surface area is 102 Å². The fourth-order valence-electron chi connectivity index (χ4n) is 1.83. The van der Waals surface area contributed by atoms with Crippen LogP contribution in [0.5, 0.6) is 0 Å². The number of nitrogens with zero attached hydrogens (tertiary/aromatic N) is 1. The molecule has 0 saturated carbocycles. The summed E-state index contributed by atoms with van der Waals surface area (Å²) in [5.41, 5.74) is 7.73. The molecule has 94 valence electrons. The lowest BCUT2D eigenvalue weighted by Crippen LogP contribution is -2.10. The van der Waals surface area contributed by atoms with Gasteiger partial charge in [-0.05, 0) is 18.9 Å². The van der Waals surface area contributed by atoms with Crippen molar-refractivity contribution in [1.82, 2.24) is 0 Å². The van der Waals surface area contributed by atoms with Crippen molar-refractivity contribution in [3.05, 3.63) is 39.4 Å². The lowest BCUT2D eigenvalue weighted by Gasteiger charge is -2.12. The molecule has 4 heteroatoms. The van der Waals surface area contributed by atoms with Gasteiger partial charge >= 0.3 is 0 Å². The molecule has 0 radical (unpaired) electrons. The second-order valence-corrected chi connectivity index (χ2v) is 4.41. The largest absolute Gasteiger partial charge is 0.324 e. The molecule has 0 amide bonds. The minimum atomic E-state index is -0.350. The summed E-state index contributed by atoms with van der Waals surface area (Å²) in [6.07, 6.45) is 4.26. The number of benzene rings is 1. The van der Waals surface area contributed by atoms with Crippen molar-refractivity contribution in [2.24, 2.45) is 5.73 Å². The van der Waals surface area contributed by atoms with Crippen molar-refractivity contribution < 1.29 is 4.92 Å². The highest BCUT2D eigenvalue weighted by Crippen LogP contribution is 2.24. The van der Waals surface area contributed by atoms with E-state index in [-0.39, 0.29) is 16.7 Å². The molecule has 0 saturated heterocycles. The summed E-state index contributed by atoms with van der Waals surface area (Å²) in [6.45, 7) is 3.88. The number of rotatable bonds is 6. The van der Waals surface area contributed by atoms with E-state index in [4.69, 9.17) is 5.73 Å². The second kappa shape index (κ2) is 6.35. The van der Waals surface area contributed by atoms with Crippen LogP contribution in [0.25, 0.3) is 0 Å². The smallest absolute Gasteiger partial charge is 0.272 e. The van der Waals surface area contributed by atoms with E-state index in [0.717, 1.165) is 31.2 Å². The predicted molar refractivity (Wildman–Crippen MR) is 68.9 cm³/mol. The first-order valence-corrected chi connectivity index (χ1v) is 6.06. The molecular weight excluding hydrogens is 216 g/mol. The summed E-state index contributed by atoms with van der Waals surface area (Å²) >= 11 is 0. The minimum Gasteiger partial charge on any atom is -0.324 e. The summed E-state index contributed by atoms with van der Waals surface area (Å²) in [5.74, 6) is 0. The molecule has 0 aliphatic rings. The number of nitro groups is 1. The third-order valence-corrected chi connectivity index (χ3v) is 2.98. The van der Waals surface area contributed by atoms with Gasteiger partial charge in [-0.3, -0.25) is 10.1 Å². The van der Waals surface area contributed by atoms with Crippen molar-refractivity contribution in [3.63, 3.8) is 0 Å². The van der Waals surface area contributed by atoms with E-state index in [1.54, 1.807) is 19.1 Å². The molecule has 0 unspecified atom stereocenters. The molecule has 1 rings (SSSR count). The van der Waals surface area contributed by atoms with Crippen LogP contribution < -0.4 is 5.73 Å². The normalized spacial score (nSPS) is 12.4. The standard InChI is InChI=1S/C13H20N2O2/c1-3-4-5-6-12(14)11-8-7-10(2)13(9-11)15(16)17/h7-9,12H,3-6,14H2,1-2H3/t12-/m0/s1. The summed E-state index contributed by atoms with van der Waals surface area (Å²) < 4.78 is 0. The van der Waals surface area contributed by atoms with E-state index in [2.05, 4.69) is 6.92 Å². The van der Waals surface area contributed by atoms with Gasteiger partial charge in [-0.1, -0.05) is 38.3 Å². The first-order chi connectivity index (χ1) is 8.06. The van der Waals surface area contributed by atoms with Gasteiger partial charge in [0.2, 0.25) is 0 Å². The first-order valence-electron chi connectivity index (χ1n) is 6.06. The summed E-state index contributed by atoms with van der Waals surface area (Å²) in [7, 11) is 0. The number of hydrogen-bond acceptors (Lipinski definition) is 3. The zero-order valence-corrected chi connectivity index (χ0v) is 10.5. The van der Waals surface area contributed by atoms with Gasteiger partial charge in [0.25, 0.3) is 5.69 Å². The van der Waals surface area contributed by atoms with Crippen LogP contribution in [-0.2, 0) is 0 Å². The SMILES string of the molecule is CCCCC[C@H](N)c1ccc(C)c([N+](=O)[O-])c1. The number of aryl methyl sites for hydroxylation is 1. The van der Waals surface area contributed by atoms with Crippen molar-refractivity contribution in [2.75, 3.05) is 0 Å². The Kier molecular flexibility index (Phi) is 5.10. The van der Waals surface area contributed by atoms with Crippen LogP contribution in [0.2, 0.25) is 0 Å². The molecule has 0 aromatic heterocycles. The Hall–Kier alpha value is -1.42. The van der Waals surface area contributed by atoms with E-state index < -0.39 is 0 Å². The molecule has 0 spiro atoms. The van der Waals surface area contributed by atoms with Crippen LogP contribution in [-0.4, -0.2) is 4.92 Å². The van der Waals surface area contributed by atoms with Gasteiger partial charge in [0.1, 0.15) is 0 Å². The molecule has 0 heterocycles. The highest BCUT2D eigenvalue weighted by atomic mass is 16.6. The van der Waals surface area contributed by atoms with Crippen molar-refractivity contribution in [2.45, 2.75) is 45.6 Å². The van der Waals surface area contributed by atoms with Gasteiger partial charge in [0, 0.05) is 17.7 Å². The maximum Gasteiger partial charge on any atom is 0.272 e. The molecule has 4 nitrogen and oxygen atoms in total. The lowest BCUT2D eigenvalue weighted by molar-refractivity contribution is -0.385. The Morgan fingerprint density at radius 2 is 2.12 bits per heavy atom. The molecule has 0 aliphatic carbocycles. The van der Waals surface area contributed by atoms with Gasteiger partial charge < -0.3 is 5.73 Å². The third kappa shape index (κ3) is 3.82. The number of unbranched alkanes of at least 4 members (excludes halogenated alkanes) is 2. The van der Waals surface area contributed by atoms with Crippen molar-refractivity contribution in [1.29, 1.82) is 0 Å². The molecule has 0 aliphatic heterocycles. The molecule has 17 heavy (non-hydrogen) atoms. The van der Waals surface area contributed by atoms with Crippen molar-refractivity contribution >= 4 is 5.69 Å². The van der Waals surface area contributed by atoms with Crippen molar-refractivity contribution in [3.8, 4) is 0 Å². The quantitative estimate of drug-likeness (QED) is 0.467. The predicted octanol–water partition coefficient (Wildman–Crippen LogP) is 3.48. The third-order valence-electron chi connectivity index (χ3n) is 2.98. The first kappa shape index (κ1) is 13.6. The monoisotopic (exact) mass is 236 g/mol. The van der Waals surface area contributed by atoms with Crippen LogP contribution >= 0.6 is 0 Å². The number of nitrogens with two attached hydrogens (primary N) is 1.